The van der Waals surface area contributed by atoms with Gasteiger partial charge >= 0.3 is 0 Å². The van der Waals surface area contributed by atoms with E-state index < -0.39 is 10.0 Å². The summed E-state index contributed by atoms with van der Waals surface area (Å²) in [7, 11) is -3.27. The van der Waals surface area contributed by atoms with E-state index in [1.807, 2.05) is 0 Å². The van der Waals surface area contributed by atoms with Crippen molar-refractivity contribution in [3.05, 3.63) is 30.6 Å². The number of aromatic nitrogens is 4. The first kappa shape index (κ1) is 16.4. The SMILES string of the molecule is O=C(CCn1cnnn1)Nc1cccc(N2CCCCS2(=O)=O)c1. The number of aryl methyl sites for hydroxylation is 1. The van der Waals surface area contributed by atoms with E-state index in [1.54, 1.807) is 24.3 Å². The molecule has 1 fully saturated rings. The summed E-state index contributed by atoms with van der Waals surface area (Å²) in [6.07, 6.45) is 3.18. The number of nitrogens with zero attached hydrogens (tertiary/aromatic N) is 5. The number of hydrogen-bond acceptors (Lipinski definition) is 6. The standard InChI is InChI=1S/C14H18N6O3S/c21-14(6-8-19-11-15-17-18-19)16-12-4-3-5-13(10-12)20-7-1-2-9-24(20,22)23/h3-5,10-11H,1-2,6-9H2,(H,16,21). The Morgan fingerprint density at radius 3 is 2.92 bits per heavy atom. The first-order valence-electron chi connectivity index (χ1n) is 7.66. The molecule has 1 aliphatic rings. The van der Waals surface area contributed by atoms with Gasteiger partial charge in [0.1, 0.15) is 6.33 Å². The van der Waals surface area contributed by atoms with Gasteiger partial charge in [-0.3, -0.25) is 9.10 Å². The molecule has 1 aliphatic heterocycles. The Morgan fingerprint density at radius 2 is 2.17 bits per heavy atom. The summed E-state index contributed by atoms with van der Waals surface area (Å²) in [4.78, 5) is 12.0. The van der Waals surface area contributed by atoms with Crippen molar-refractivity contribution >= 4 is 27.3 Å². The molecule has 1 aromatic carbocycles. The first-order chi connectivity index (χ1) is 11.5. The smallest absolute Gasteiger partial charge is 0.235 e. The van der Waals surface area contributed by atoms with Crippen LogP contribution in [0.25, 0.3) is 0 Å². The molecule has 2 aromatic rings. The second kappa shape index (κ2) is 6.95. The van der Waals surface area contributed by atoms with Crippen molar-refractivity contribution in [3.63, 3.8) is 0 Å². The van der Waals surface area contributed by atoms with Gasteiger partial charge < -0.3 is 5.32 Å². The molecule has 0 unspecified atom stereocenters. The summed E-state index contributed by atoms with van der Waals surface area (Å²) in [5.74, 6) is -0.0284. The van der Waals surface area contributed by atoms with Crippen molar-refractivity contribution in [3.8, 4) is 0 Å². The summed E-state index contributed by atoms with van der Waals surface area (Å²) in [5, 5.41) is 13.5. The Hall–Kier alpha value is -2.49. The number of rotatable bonds is 5. The molecule has 10 heteroatoms. The van der Waals surface area contributed by atoms with Crippen LogP contribution in [0.4, 0.5) is 11.4 Å². The topological polar surface area (TPSA) is 110 Å². The molecule has 1 aromatic heterocycles. The lowest BCUT2D eigenvalue weighted by Crippen LogP contribution is -2.37. The highest BCUT2D eigenvalue weighted by Gasteiger charge is 2.26. The van der Waals surface area contributed by atoms with Crippen molar-refractivity contribution in [1.82, 2.24) is 20.2 Å². The zero-order valence-electron chi connectivity index (χ0n) is 13.0. The second-order valence-electron chi connectivity index (χ2n) is 5.52. The minimum atomic E-state index is -3.27. The molecule has 0 aliphatic carbocycles. The number of anilines is 2. The maximum Gasteiger partial charge on any atom is 0.235 e. The Labute approximate surface area is 139 Å². The Kier molecular flexibility index (Phi) is 4.74. The average Bonchev–Trinajstić information content (AvgIpc) is 3.06. The molecule has 0 radical (unpaired) electrons. The van der Waals surface area contributed by atoms with Crippen LogP contribution in [-0.2, 0) is 21.4 Å². The van der Waals surface area contributed by atoms with Crippen molar-refractivity contribution in [1.29, 1.82) is 0 Å². The third-order valence-electron chi connectivity index (χ3n) is 3.73. The van der Waals surface area contributed by atoms with E-state index >= 15 is 0 Å². The Bertz CT molecular complexity index is 806. The van der Waals surface area contributed by atoms with Crippen molar-refractivity contribution in [2.45, 2.75) is 25.8 Å². The van der Waals surface area contributed by atoms with E-state index in [1.165, 1.54) is 15.3 Å². The molecule has 3 rings (SSSR count). The molecule has 0 atom stereocenters. The molecular formula is C14H18N6O3S. The van der Waals surface area contributed by atoms with Crippen LogP contribution < -0.4 is 9.62 Å². The number of carbonyl (C=O) groups excluding carboxylic acids is 1. The molecule has 0 spiro atoms. The maximum atomic E-state index is 12.2. The molecular weight excluding hydrogens is 332 g/mol. The Morgan fingerprint density at radius 1 is 1.29 bits per heavy atom. The molecule has 9 nitrogen and oxygen atoms in total. The molecule has 0 bridgehead atoms. The average molecular weight is 350 g/mol. The third-order valence-corrected chi connectivity index (χ3v) is 5.60. The van der Waals surface area contributed by atoms with E-state index in [0.29, 0.717) is 30.9 Å². The normalized spacial score (nSPS) is 16.8. The summed E-state index contributed by atoms with van der Waals surface area (Å²) < 4.78 is 27.2. The number of tetrazole rings is 1. The van der Waals surface area contributed by atoms with E-state index in [-0.39, 0.29) is 18.1 Å². The maximum absolute atomic E-state index is 12.2. The second-order valence-corrected chi connectivity index (χ2v) is 7.53. The number of hydrogen-bond donors (Lipinski definition) is 1. The van der Waals surface area contributed by atoms with Gasteiger partial charge in [0, 0.05) is 18.7 Å². The van der Waals surface area contributed by atoms with Crippen LogP contribution in [0.5, 0.6) is 0 Å². The number of benzene rings is 1. The van der Waals surface area contributed by atoms with Crippen molar-refractivity contribution < 1.29 is 13.2 Å². The summed E-state index contributed by atoms with van der Waals surface area (Å²) in [6, 6.07) is 6.88. The predicted octanol–water partition coefficient (Wildman–Crippen LogP) is 0.632. The van der Waals surface area contributed by atoms with Crippen LogP contribution in [0.3, 0.4) is 0 Å². The van der Waals surface area contributed by atoms with Gasteiger partial charge in [-0.1, -0.05) is 6.07 Å². The van der Waals surface area contributed by atoms with Crippen molar-refractivity contribution in [2.75, 3.05) is 21.9 Å². The van der Waals surface area contributed by atoms with Crippen LogP contribution in [-0.4, -0.2) is 46.8 Å². The van der Waals surface area contributed by atoms with Gasteiger partial charge in [-0.25, -0.2) is 13.1 Å². The summed E-state index contributed by atoms with van der Waals surface area (Å²) in [6.45, 7) is 0.845. The molecule has 1 saturated heterocycles. The van der Waals surface area contributed by atoms with E-state index in [2.05, 4.69) is 20.8 Å². The van der Waals surface area contributed by atoms with Gasteiger partial charge in [-0.05, 0) is 41.5 Å². The monoisotopic (exact) mass is 350 g/mol. The Balaban J connectivity index is 1.65. The van der Waals surface area contributed by atoms with Crippen LogP contribution in [0.2, 0.25) is 0 Å². The quantitative estimate of drug-likeness (QED) is 0.847. The first-order valence-corrected chi connectivity index (χ1v) is 9.27. The molecule has 0 saturated carbocycles. The van der Waals surface area contributed by atoms with Crippen LogP contribution in [0.1, 0.15) is 19.3 Å². The summed E-state index contributed by atoms with van der Waals surface area (Å²) >= 11 is 0. The van der Waals surface area contributed by atoms with E-state index in [9.17, 15) is 13.2 Å². The fourth-order valence-electron chi connectivity index (χ4n) is 2.54. The molecule has 1 amide bonds. The van der Waals surface area contributed by atoms with Gasteiger partial charge in [0.2, 0.25) is 15.9 Å². The predicted molar refractivity (Wildman–Crippen MR) is 87.9 cm³/mol. The molecule has 2 heterocycles. The highest BCUT2D eigenvalue weighted by Crippen LogP contribution is 2.26. The van der Waals surface area contributed by atoms with Gasteiger partial charge in [-0.2, -0.15) is 0 Å². The zero-order chi connectivity index (χ0) is 17.0. The summed E-state index contributed by atoms with van der Waals surface area (Å²) in [5.41, 5.74) is 1.14. The fraction of sp³-hybridized carbons (Fsp3) is 0.429. The number of amides is 1. The fourth-order valence-corrected chi connectivity index (χ4v) is 4.17. The van der Waals surface area contributed by atoms with Crippen molar-refractivity contribution in [2.24, 2.45) is 0 Å². The zero-order valence-corrected chi connectivity index (χ0v) is 13.8. The molecule has 128 valence electrons. The lowest BCUT2D eigenvalue weighted by Gasteiger charge is -2.28. The lowest BCUT2D eigenvalue weighted by molar-refractivity contribution is -0.116. The number of nitrogens with one attached hydrogen (secondary N) is 1. The number of sulfonamides is 1. The van der Waals surface area contributed by atoms with Crippen LogP contribution in [0, 0.1) is 0 Å². The molecule has 1 N–H and O–H groups in total. The van der Waals surface area contributed by atoms with Gasteiger partial charge in [0.25, 0.3) is 0 Å². The largest absolute Gasteiger partial charge is 0.326 e. The molecule has 24 heavy (non-hydrogen) atoms. The third kappa shape index (κ3) is 3.88. The lowest BCUT2D eigenvalue weighted by atomic mass is 10.2. The van der Waals surface area contributed by atoms with Crippen LogP contribution >= 0.6 is 0 Å². The highest BCUT2D eigenvalue weighted by molar-refractivity contribution is 7.92. The van der Waals surface area contributed by atoms with Crippen LogP contribution in [0.15, 0.2) is 30.6 Å². The van der Waals surface area contributed by atoms with E-state index in [0.717, 1.165) is 6.42 Å². The van der Waals surface area contributed by atoms with Gasteiger partial charge in [-0.15, -0.1) is 5.10 Å². The van der Waals surface area contributed by atoms with Gasteiger partial charge in [0.15, 0.2) is 0 Å². The van der Waals surface area contributed by atoms with Gasteiger partial charge in [0.05, 0.1) is 18.0 Å². The number of carbonyl (C=O) groups is 1. The minimum absolute atomic E-state index is 0.162. The van der Waals surface area contributed by atoms with E-state index in [4.69, 9.17) is 0 Å². The minimum Gasteiger partial charge on any atom is -0.326 e. The highest BCUT2D eigenvalue weighted by atomic mass is 32.2.